The van der Waals surface area contributed by atoms with Gasteiger partial charge in [0.2, 0.25) is 0 Å². The van der Waals surface area contributed by atoms with Gasteiger partial charge in [-0.1, -0.05) is 20.8 Å². The van der Waals surface area contributed by atoms with Gasteiger partial charge in [-0.05, 0) is 39.2 Å². The summed E-state index contributed by atoms with van der Waals surface area (Å²) >= 11 is 0. The van der Waals surface area contributed by atoms with Crippen molar-refractivity contribution in [2.24, 2.45) is 11.7 Å². The third-order valence-corrected chi connectivity index (χ3v) is 3.19. The standard InChI is InChI=1S/C14H32N2O/c1-6-8-16(14(4,5)12-15)9-11-17-10-7-13(2)3/h13H,6-12,15H2,1-5H3. The molecule has 17 heavy (non-hydrogen) atoms. The fourth-order valence-corrected chi connectivity index (χ4v) is 1.71. The zero-order valence-electron chi connectivity index (χ0n) is 12.5. The van der Waals surface area contributed by atoms with Crippen LogP contribution in [0.3, 0.4) is 0 Å². The molecule has 0 rings (SSSR count). The zero-order chi connectivity index (χ0) is 13.3. The van der Waals surface area contributed by atoms with E-state index in [0.29, 0.717) is 6.54 Å². The largest absolute Gasteiger partial charge is 0.380 e. The van der Waals surface area contributed by atoms with Crippen LogP contribution in [-0.2, 0) is 4.74 Å². The number of rotatable bonds is 10. The van der Waals surface area contributed by atoms with Crippen molar-refractivity contribution in [1.82, 2.24) is 4.90 Å². The van der Waals surface area contributed by atoms with Crippen LogP contribution in [0.25, 0.3) is 0 Å². The van der Waals surface area contributed by atoms with E-state index >= 15 is 0 Å². The van der Waals surface area contributed by atoms with Crippen LogP contribution in [-0.4, -0.2) is 43.3 Å². The molecule has 0 saturated heterocycles. The van der Waals surface area contributed by atoms with E-state index < -0.39 is 0 Å². The van der Waals surface area contributed by atoms with Gasteiger partial charge in [0.1, 0.15) is 0 Å². The fraction of sp³-hybridized carbons (Fsp3) is 1.00. The number of ether oxygens (including phenoxy) is 1. The maximum atomic E-state index is 5.83. The van der Waals surface area contributed by atoms with Crippen LogP contribution in [0, 0.1) is 5.92 Å². The monoisotopic (exact) mass is 244 g/mol. The van der Waals surface area contributed by atoms with Crippen LogP contribution in [0.5, 0.6) is 0 Å². The fourth-order valence-electron chi connectivity index (χ4n) is 1.71. The van der Waals surface area contributed by atoms with Gasteiger partial charge in [0, 0.05) is 25.2 Å². The average Bonchev–Trinajstić information content (AvgIpc) is 2.26. The summed E-state index contributed by atoms with van der Waals surface area (Å²) in [5, 5.41) is 0. The second kappa shape index (κ2) is 8.90. The van der Waals surface area contributed by atoms with Gasteiger partial charge in [-0.3, -0.25) is 4.90 Å². The van der Waals surface area contributed by atoms with Gasteiger partial charge in [0.15, 0.2) is 0 Å². The Balaban J connectivity index is 3.86. The highest BCUT2D eigenvalue weighted by molar-refractivity contribution is 4.82. The topological polar surface area (TPSA) is 38.5 Å². The summed E-state index contributed by atoms with van der Waals surface area (Å²) in [6, 6.07) is 0. The Labute approximate surface area is 108 Å². The minimum atomic E-state index is 0.0808. The first-order valence-electron chi connectivity index (χ1n) is 6.97. The number of hydrogen-bond donors (Lipinski definition) is 1. The second-order valence-corrected chi connectivity index (χ2v) is 5.80. The van der Waals surface area contributed by atoms with Crippen LogP contribution in [0.1, 0.15) is 47.5 Å². The lowest BCUT2D eigenvalue weighted by Gasteiger charge is -2.37. The molecular formula is C14H32N2O. The highest BCUT2D eigenvalue weighted by Gasteiger charge is 2.23. The molecule has 0 aromatic carbocycles. The Morgan fingerprint density at radius 3 is 2.29 bits per heavy atom. The third-order valence-electron chi connectivity index (χ3n) is 3.19. The maximum Gasteiger partial charge on any atom is 0.0593 e. The average molecular weight is 244 g/mol. The predicted molar refractivity (Wildman–Crippen MR) is 75.3 cm³/mol. The molecule has 0 aliphatic carbocycles. The van der Waals surface area contributed by atoms with E-state index in [1.54, 1.807) is 0 Å². The zero-order valence-corrected chi connectivity index (χ0v) is 12.5. The Bertz CT molecular complexity index is 181. The van der Waals surface area contributed by atoms with Crippen molar-refractivity contribution in [1.29, 1.82) is 0 Å². The number of nitrogens with zero attached hydrogens (tertiary/aromatic N) is 1. The van der Waals surface area contributed by atoms with Crippen LogP contribution in [0.15, 0.2) is 0 Å². The second-order valence-electron chi connectivity index (χ2n) is 5.80. The minimum absolute atomic E-state index is 0.0808. The lowest BCUT2D eigenvalue weighted by Crippen LogP contribution is -2.50. The van der Waals surface area contributed by atoms with Gasteiger partial charge in [-0.2, -0.15) is 0 Å². The summed E-state index contributed by atoms with van der Waals surface area (Å²) in [4.78, 5) is 2.43. The molecule has 0 aromatic rings. The van der Waals surface area contributed by atoms with Crippen molar-refractivity contribution in [3.05, 3.63) is 0 Å². The van der Waals surface area contributed by atoms with Crippen molar-refractivity contribution < 1.29 is 4.74 Å². The lowest BCUT2D eigenvalue weighted by atomic mass is 10.0. The summed E-state index contributed by atoms with van der Waals surface area (Å²) in [6.45, 7) is 15.5. The molecule has 0 aliphatic rings. The quantitative estimate of drug-likeness (QED) is 0.600. The molecule has 0 bridgehead atoms. The van der Waals surface area contributed by atoms with Crippen LogP contribution >= 0.6 is 0 Å². The van der Waals surface area contributed by atoms with E-state index in [1.165, 1.54) is 0 Å². The van der Waals surface area contributed by atoms with Gasteiger partial charge in [-0.25, -0.2) is 0 Å². The third kappa shape index (κ3) is 7.74. The molecule has 0 aromatic heterocycles. The number of nitrogens with two attached hydrogens (primary N) is 1. The summed E-state index contributed by atoms with van der Waals surface area (Å²) in [5.74, 6) is 0.724. The predicted octanol–water partition coefficient (Wildman–Crippen LogP) is 2.50. The molecule has 0 amide bonds. The Morgan fingerprint density at radius 1 is 1.18 bits per heavy atom. The first-order chi connectivity index (χ1) is 7.94. The lowest BCUT2D eigenvalue weighted by molar-refractivity contribution is 0.0570. The molecule has 0 unspecified atom stereocenters. The Morgan fingerprint density at radius 2 is 1.82 bits per heavy atom. The molecular weight excluding hydrogens is 212 g/mol. The van der Waals surface area contributed by atoms with Crippen molar-refractivity contribution >= 4 is 0 Å². The molecule has 0 saturated carbocycles. The van der Waals surface area contributed by atoms with Gasteiger partial charge in [0.25, 0.3) is 0 Å². The first-order valence-corrected chi connectivity index (χ1v) is 6.97. The molecule has 2 N–H and O–H groups in total. The smallest absolute Gasteiger partial charge is 0.0593 e. The van der Waals surface area contributed by atoms with E-state index in [1.807, 2.05) is 0 Å². The first kappa shape index (κ1) is 16.9. The molecule has 3 nitrogen and oxygen atoms in total. The molecule has 0 heterocycles. The Kier molecular flexibility index (Phi) is 8.83. The molecule has 3 heteroatoms. The summed E-state index contributed by atoms with van der Waals surface area (Å²) in [5.41, 5.74) is 5.91. The molecule has 0 aliphatic heterocycles. The van der Waals surface area contributed by atoms with E-state index in [-0.39, 0.29) is 5.54 Å². The highest BCUT2D eigenvalue weighted by Crippen LogP contribution is 2.12. The van der Waals surface area contributed by atoms with E-state index in [2.05, 4.69) is 39.5 Å². The van der Waals surface area contributed by atoms with Gasteiger partial charge in [-0.15, -0.1) is 0 Å². The number of hydrogen-bond acceptors (Lipinski definition) is 3. The molecule has 0 atom stereocenters. The van der Waals surface area contributed by atoms with Gasteiger partial charge < -0.3 is 10.5 Å². The van der Waals surface area contributed by atoms with E-state index in [0.717, 1.165) is 45.1 Å². The van der Waals surface area contributed by atoms with Crippen molar-refractivity contribution in [2.75, 3.05) is 32.8 Å². The van der Waals surface area contributed by atoms with E-state index in [4.69, 9.17) is 10.5 Å². The molecule has 0 radical (unpaired) electrons. The maximum absolute atomic E-state index is 5.83. The highest BCUT2D eigenvalue weighted by atomic mass is 16.5. The summed E-state index contributed by atoms with van der Waals surface area (Å²) in [6.07, 6.45) is 2.31. The molecule has 0 fully saturated rings. The van der Waals surface area contributed by atoms with Crippen molar-refractivity contribution in [2.45, 2.75) is 53.0 Å². The van der Waals surface area contributed by atoms with Crippen molar-refractivity contribution in [3.63, 3.8) is 0 Å². The van der Waals surface area contributed by atoms with Crippen molar-refractivity contribution in [3.8, 4) is 0 Å². The van der Waals surface area contributed by atoms with Gasteiger partial charge >= 0.3 is 0 Å². The van der Waals surface area contributed by atoms with Crippen LogP contribution in [0.2, 0.25) is 0 Å². The SMILES string of the molecule is CCCN(CCOCCC(C)C)C(C)(C)CN. The van der Waals surface area contributed by atoms with Crippen LogP contribution < -0.4 is 5.73 Å². The van der Waals surface area contributed by atoms with Gasteiger partial charge in [0.05, 0.1) is 6.61 Å². The molecule has 104 valence electrons. The van der Waals surface area contributed by atoms with E-state index in [9.17, 15) is 0 Å². The Hall–Kier alpha value is -0.120. The normalized spacial score (nSPS) is 12.7. The molecule has 0 spiro atoms. The minimum Gasteiger partial charge on any atom is -0.380 e. The van der Waals surface area contributed by atoms with Crippen LogP contribution in [0.4, 0.5) is 0 Å². The summed E-state index contributed by atoms with van der Waals surface area (Å²) < 4.78 is 5.68. The summed E-state index contributed by atoms with van der Waals surface area (Å²) in [7, 11) is 0.